The van der Waals surface area contributed by atoms with Crippen LogP contribution in [0.2, 0.25) is 0 Å². The SMILES string of the molecule is CC1(C)[C@@]2(C(=O)N3CCN(c4ncccn4)CC3)CC[C@@]1(C)C(=O)C2. The number of hydrogen-bond donors (Lipinski definition) is 0. The van der Waals surface area contributed by atoms with Gasteiger partial charge in [-0.2, -0.15) is 0 Å². The maximum atomic E-state index is 13.5. The fraction of sp³-hybridized carbons (Fsp3) is 0.684. The molecule has 1 aromatic rings. The normalized spacial score (nSPS) is 33.8. The lowest BCUT2D eigenvalue weighted by molar-refractivity contribution is -0.148. The molecule has 2 aliphatic carbocycles. The van der Waals surface area contributed by atoms with Crippen LogP contribution < -0.4 is 4.90 Å². The highest BCUT2D eigenvalue weighted by Crippen LogP contribution is 2.71. The minimum absolute atomic E-state index is 0.181. The van der Waals surface area contributed by atoms with Crippen molar-refractivity contribution in [3.63, 3.8) is 0 Å². The van der Waals surface area contributed by atoms with Gasteiger partial charge in [0.2, 0.25) is 11.9 Å². The highest BCUT2D eigenvalue weighted by atomic mass is 16.2. The standard InChI is InChI=1S/C19H26N4O2/c1-17(2)18(3)5-6-19(17,13-14(18)24)15(25)22-9-11-23(12-10-22)16-20-7-4-8-21-16/h4,7-8H,5-6,9-13H2,1-3H3/t18-,19-/m0/s1. The topological polar surface area (TPSA) is 66.4 Å². The Kier molecular flexibility index (Phi) is 3.47. The van der Waals surface area contributed by atoms with E-state index in [1.54, 1.807) is 18.5 Å². The summed E-state index contributed by atoms with van der Waals surface area (Å²) in [5.74, 6) is 1.17. The number of rotatable bonds is 2. The summed E-state index contributed by atoms with van der Waals surface area (Å²) in [6, 6.07) is 1.80. The predicted octanol–water partition coefficient (Wildman–Crippen LogP) is 1.91. The molecule has 1 aromatic heterocycles. The summed E-state index contributed by atoms with van der Waals surface area (Å²) in [4.78, 5) is 38.7. The van der Waals surface area contributed by atoms with Crippen molar-refractivity contribution in [2.45, 2.75) is 40.0 Å². The fourth-order valence-electron chi connectivity index (χ4n) is 5.20. The third-order valence-corrected chi connectivity index (χ3v) is 7.52. The molecule has 2 saturated carbocycles. The average Bonchev–Trinajstić information content (AvgIpc) is 2.92. The first kappa shape index (κ1) is 16.5. The van der Waals surface area contributed by atoms with Gasteiger partial charge in [-0.05, 0) is 24.3 Å². The van der Waals surface area contributed by atoms with E-state index in [2.05, 4.69) is 35.6 Å². The van der Waals surface area contributed by atoms with E-state index in [-0.39, 0.29) is 22.5 Å². The molecule has 1 aliphatic heterocycles. The van der Waals surface area contributed by atoms with Crippen LogP contribution in [0.1, 0.15) is 40.0 Å². The summed E-state index contributed by atoms with van der Waals surface area (Å²) in [5.41, 5.74) is -1.12. The van der Waals surface area contributed by atoms with Gasteiger partial charge in [0.05, 0.1) is 5.41 Å². The first-order valence-corrected chi connectivity index (χ1v) is 9.16. The van der Waals surface area contributed by atoms with Crippen LogP contribution in [0.3, 0.4) is 0 Å². The average molecular weight is 342 g/mol. The lowest BCUT2D eigenvalue weighted by atomic mass is 9.64. The minimum atomic E-state index is -0.510. The first-order chi connectivity index (χ1) is 11.8. The van der Waals surface area contributed by atoms with Crippen molar-refractivity contribution in [1.29, 1.82) is 0 Å². The summed E-state index contributed by atoms with van der Waals surface area (Å²) in [7, 11) is 0. The van der Waals surface area contributed by atoms with E-state index in [0.717, 1.165) is 31.9 Å². The van der Waals surface area contributed by atoms with E-state index in [0.29, 0.717) is 19.5 Å². The molecule has 3 fully saturated rings. The smallest absolute Gasteiger partial charge is 0.229 e. The number of hydrogen-bond acceptors (Lipinski definition) is 5. The number of Topliss-reactive ketones (excluding diaryl/α,β-unsaturated/α-hetero) is 1. The highest BCUT2D eigenvalue weighted by molar-refractivity contribution is 5.99. The Labute approximate surface area is 148 Å². The van der Waals surface area contributed by atoms with E-state index in [1.807, 2.05) is 4.90 Å². The maximum Gasteiger partial charge on any atom is 0.229 e. The largest absolute Gasteiger partial charge is 0.339 e. The Morgan fingerprint density at radius 3 is 2.20 bits per heavy atom. The number of piperazine rings is 1. The van der Waals surface area contributed by atoms with Crippen LogP contribution in [-0.4, -0.2) is 52.7 Å². The van der Waals surface area contributed by atoms with Gasteiger partial charge in [0, 0.05) is 50.4 Å². The quantitative estimate of drug-likeness (QED) is 0.821. The molecule has 3 aliphatic rings. The number of carbonyl (C=O) groups is 2. The summed E-state index contributed by atoms with van der Waals surface area (Å²) in [6.07, 6.45) is 5.57. The van der Waals surface area contributed by atoms with Crippen LogP contribution in [0.4, 0.5) is 5.95 Å². The lowest BCUT2D eigenvalue weighted by Gasteiger charge is -2.44. The summed E-state index contributed by atoms with van der Waals surface area (Å²) < 4.78 is 0. The van der Waals surface area contributed by atoms with Crippen molar-refractivity contribution in [3.05, 3.63) is 18.5 Å². The van der Waals surface area contributed by atoms with Crippen molar-refractivity contribution >= 4 is 17.6 Å². The molecule has 134 valence electrons. The molecule has 0 aromatic carbocycles. The zero-order valence-corrected chi connectivity index (χ0v) is 15.3. The summed E-state index contributed by atoms with van der Waals surface area (Å²) >= 11 is 0. The van der Waals surface area contributed by atoms with Crippen LogP contribution in [0.15, 0.2) is 18.5 Å². The second-order valence-electron chi connectivity index (χ2n) is 8.47. The third-order valence-electron chi connectivity index (χ3n) is 7.52. The molecule has 6 heteroatoms. The van der Waals surface area contributed by atoms with E-state index in [4.69, 9.17) is 0 Å². The summed E-state index contributed by atoms with van der Waals surface area (Å²) in [5, 5.41) is 0. The van der Waals surface area contributed by atoms with E-state index in [1.165, 1.54) is 0 Å². The van der Waals surface area contributed by atoms with Gasteiger partial charge in [0.15, 0.2) is 0 Å². The van der Waals surface area contributed by atoms with Gasteiger partial charge in [0.25, 0.3) is 0 Å². The molecule has 1 amide bonds. The Bertz CT molecular complexity index is 711. The van der Waals surface area contributed by atoms with Crippen molar-refractivity contribution in [2.75, 3.05) is 31.1 Å². The molecule has 2 atom stereocenters. The number of amides is 1. The molecule has 1 saturated heterocycles. The third kappa shape index (κ3) is 2.02. The Hall–Kier alpha value is -1.98. The van der Waals surface area contributed by atoms with Crippen molar-refractivity contribution in [3.8, 4) is 0 Å². The number of fused-ring (bicyclic) bond motifs is 2. The highest BCUT2D eigenvalue weighted by Gasteiger charge is 2.73. The van der Waals surface area contributed by atoms with Crippen LogP contribution in [0, 0.1) is 16.2 Å². The number of anilines is 1. The van der Waals surface area contributed by atoms with Crippen molar-refractivity contribution in [1.82, 2.24) is 14.9 Å². The number of nitrogens with zero attached hydrogens (tertiary/aromatic N) is 4. The second-order valence-corrected chi connectivity index (χ2v) is 8.47. The molecular weight excluding hydrogens is 316 g/mol. The summed E-state index contributed by atoms with van der Waals surface area (Å²) in [6.45, 7) is 9.10. The maximum absolute atomic E-state index is 13.5. The van der Waals surface area contributed by atoms with Gasteiger partial charge in [-0.1, -0.05) is 20.8 Å². The predicted molar refractivity (Wildman–Crippen MR) is 94.0 cm³/mol. The minimum Gasteiger partial charge on any atom is -0.339 e. The molecule has 4 rings (SSSR count). The van der Waals surface area contributed by atoms with Crippen LogP contribution in [0.25, 0.3) is 0 Å². The van der Waals surface area contributed by atoms with Crippen molar-refractivity contribution < 1.29 is 9.59 Å². The number of aromatic nitrogens is 2. The van der Waals surface area contributed by atoms with Crippen molar-refractivity contribution in [2.24, 2.45) is 16.2 Å². The van der Waals surface area contributed by atoms with E-state index in [9.17, 15) is 9.59 Å². The molecule has 0 radical (unpaired) electrons. The second kappa shape index (κ2) is 5.26. The molecule has 0 unspecified atom stereocenters. The Morgan fingerprint density at radius 2 is 1.68 bits per heavy atom. The lowest BCUT2D eigenvalue weighted by Crippen LogP contribution is -2.55. The monoisotopic (exact) mass is 342 g/mol. The zero-order chi connectivity index (χ0) is 17.9. The molecule has 0 N–H and O–H groups in total. The van der Waals surface area contributed by atoms with Gasteiger partial charge in [-0.25, -0.2) is 9.97 Å². The van der Waals surface area contributed by atoms with Crippen LogP contribution in [-0.2, 0) is 9.59 Å². The zero-order valence-electron chi connectivity index (χ0n) is 15.3. The molecular formula is C19H26N4O2. The van der Waals surface area contributed by atoms with Crippen LogP contribution in [0.5, 0.6) is 0 Å². The van der Waals surface area contributed by atoms with E-state index >= 15 is 0 Å². The Balaban J connectivity index is 1.51. The van der Waals surface area contributed by atoms with Gasteiger partial charge >= 0.3 is 0 Å². The first-order valence-electron chi connectivity index (χ1n) is 9.16. The van der Waals surface area contributed by atoms with E-state index < -0.39 is 5.41 Å². The van der Waals surface area contributed by atoms with Gasteiger partial charge < -0.3 is 9.80 Å². The molecule has 0 spiro atoms. The van der Waals surface area contributed by atoms with Crippen LogP contribution >= 0.6 is 0 Å². The number of ketones is 1. The Morgan fingerprint density at radius 1 is 1.04 bits per heavy atom. The fourth-order valence-corrected chi connectivity index (χ4v) is 5.20. The van der Waals surface area contributed by atoms with Gasteiger partial charge in [-0.3, -0.25) is 9.59 Å². The number of carbonyl (C=O) groups excluding carboxylic acids is 2. The molecule has 2 bridgehead atoms. The van der Waals surface area contributed by atoms with Gasteiger partial charge in [-0.15, -0.1) is 0 Å². The van der Waals surface area contributed by atoms with Gasteiger partial charge in [0.1, 0.15) is 5.78 Å². The molecule has 6 nitrogen and oxygen atoms in total. The molecule has 25 heavy (non-hydrogen) atoms. The molecule has 2 heterocycles.